The zero-order valence-corrected chi connectivity index (χ0v) is 10.3. The van der Waals surface area contributed by atoms with E-state index in [0.29, 0.717) is 0 Å². The van der Waals surface area contributed by atoms with E-state index >= 15 is 0 Å². The van der Waals surface area contributed by atoms with Crippen molar-refractivity contribution in [1.29, 1.82) is 5.26 Å². The molecule has 0 saturated carbocycles. The van der Waals surface area contributed by atoms with Crippen molar-refractivity contribution in [2.45, 2.75) is 32.1 Å². The standard InChI is InChI=1S/C8H16N2O2S2/c1-4-13-6-7(2)10-14(11,12)8(3)5-9/h7-8,10H,4,6H2,1-3H3. The Hall–Kier alpha value is -0.250. The van der Waals surface area contributed by atoms with E-state index in [4.69, 9.17) is 5.26 Å². The van der Waals surface area contributed by atoms with Crippen LogP contribution in [0.15, 0.2) is 0 Å². The topological polar surface area (TPSA) is 70.0 Å². The lowest BCUT2D eigenvalue weighted by Crippen LogP contribution is -2.39. The molecule has 0 spiro atoms. The van der Waals surface area contributed by atoms with Crippen LogP contribution in [0.3, 0.4) is 0 Å². The van der Waals surface area contributed by atoms with E-state index in [1.165, 1.54) is 6.92 Å². The van der Waals surface area contributed by atoms with Crippen LogP contribution in [0.4, 0.5) is 0 Å². The molecule has 0 aliphatic rings. The quantitative estimate of drug-likeness (QED) is 0.745. The van der Waals surface area contributed by atoms with E-state index in [9.17, 15) is 8.42 Å². The molecule has 0 amide bonds. The normalized spacial score (nSPS) is 15.9. The van der Waals surface area contributed by atoms with Gasteiger partial charge in [-0.2, -0.15) is 17.0 Å². The highest BCUT2D eigenvalue weighted by molar-refractivity contribution is 7.99. The molecule has 82 valence electrons. The Labute approximate surface area is 90.1 Å². The highest BCUT2D eigenvalue weighted by atomic mass is 32.2. The molecule has 6 heteroatoms. The van der Waals surface area contributed by atoms with Crippen LogP contribution in [0.25, 0.3) is 0 Å². The molecule has 0 fully saturated rings. The first-order valence-electron chi connectivity index (χ1n) is 4.42. The fraction of sp³-hybridized carbons (Fsp3) is 0.875. The summed E-state index contributed by atoms with van der Waals surface area (Å²) >= 11 is 1.67. The van der Waals surface area contributed by atoms with E-state index in [1.54, 1.807) is 24.8 Å². The van der Waals surface area contributed by atoms with E-state index in [2.05, 4.69) is 4.72 Å². The first-order valence-corrected chi connectivity index (χ1v) is 7.12. The summed E-state index contributed by atoms with van der Waals surface area (Å²) in [5.74, 6) is 1.69. The maximum Gasteiger partial charge on any atom is 0.227 e. The number of nitrogens with one attached hydrogen (secondary N) is 1. The van der Waals surface area contributed by atoms with Gasteiger partial charge in [-0.05, 0) is 19.6 Å². The van der Waals surface area contributed by atoms with Gasteiger partial charge in [-0.25, -0.2) is 13.1 Å². The number of hydrogen-bond acceptors (Lipinski definition) is 4. The third-order valence-corrected chi connectivity index (χ3v) is 4.50. The van der Waals surface area contributed by atoms with Crippen molar-refractivity contribution in [2.75, 3.05) is 11.5 Å². The highest BCUT2D eigenvalue weighted by Crippen LogP contribution is 2.04. The Morgan fingerprint density at radius 1 is 1.50 bits per heavy atom. The monoisotopic (exact) mass is 236 g/mol. The molecule has 0 aromatic carbocycles. The molecule has 0 aliphatic carbocycles. The molecule has 0 radical (unpaired) electrons. The van der Waals surface area contributed by atoms with Crippen molar-refractivity contribution in [3.8, 4) is 6.07 Å². The average molecular weight is 236 g/mol. The molecule has 0 heterocycles. The van der Waals surface area contributed by atoms with Crippen molar-refractivity contribution in [2.24, 2.45) is 0 Å². The fourth-order valence-corrected chi connectivity index (χ4v) is 2.55. The summed E-state index contributed by atoms with van der Waals surface area (Å²) in [7, 11) is -3.46. The van der Waals surface area contributed by atoms with Gasteiger partial charge in [0.15, 0.2) is 5.25 Å². The Bertz CT molecular complexity index is 295. The molecule has 0 aliphatic heterocycles. The van der Waals surface area contributed by atoms with Crippen molar-refractivity contribution >= 4 is 21.8 Å². The molecule has 4 nitrogen and oxygen atoms in total. The smallest absolute Gasteiger partial charge is 0.211 e. The van der Waals surface area contributed by atoms with Crippen molar-refractivity contribution in [3.05, 3.63) is 0 Å². The minimum atomic E-state index is -3.46. The first-order chi connectivity index (χ1) is 6.44. The Morgan fingerprint density at radius 2 is 2.07 bits per heavy atom. The summed E-state index contributed by atoms with van der Waals surface area (Å²) in [6, 6.07) is 1.59. The Kier molecular flexibility index (Phi) is 6.16. The molecule has 2 unspecified atom stereocenters. The average Bonchev–Trinajstić information content (AvgIpc) is 2.12. The molecule has 0 aromatic rings. The molecule has 0 saturated heterocycles. The van der Waals surface area contributed by atoms with Gasteiger partial charge in [-0.15, -0.1) is 0 Å². The second kappa shape index (κ2) is 6.27. The van der Waals surface area contributed by atoms with Gasteiger partial charge in [0.25, 0.3) is 0 Å². The van der Waals surface area contributed by atoms with Crippen LogP contribution in [0.2, 0.25) is 0 Å². The lowest BCUT2D eigenvalue weighted by atomic mass is 10.4. The minimum Gasteiger partial charge on any atom is -0.211 e. The lowest BCUT2D eigenvalue weighted by molar-refractivity contribution is 0.566. The van der Waals surface area contributed by atoms with Gasteiger partial charge in [-0.1, -0.05) is 6.92 Å². The molecular weight excluding hydrogens is 220 g/mol. The van der Waals surface area contributed by atoms with Gasteiger partial charge in [0, 0.05) is 11.8 Å². The predicted octanol–water partition coefficient (Wildman–Crippen LogP) is 0.959. The van der Waals surface area contributed by atoms with E-state index in [1.807, 2.05) is 6.92 Å². The third-order valence-electron chi connectivity index (χ3n) is 1.58. The third kappa shape index (κ3) is 4.84. The predicted molar refractivity (Wildman–Crippen MR) is 59.6 cm³/mol. The molecule has 0 bridgehead atoms. The molecule has 0 rings (SSSR count). The summed E-state index contributed by atoms with van der Waals surface area (Å²) in [5.41, 5.74) is 0. The van der Waals surface area contributed by atoms with Gasteiger partial charge in [0.05, 0.1) is 6.07 Å². The fourth-order valence-electron chi connectivity index (χ4n) is 0.781. The summed E-state index contributed by atoms with van der Waals surface area (Å²) in [5, 5.41) is 7.50. The lowest BCUT2D eigenvalue weighted by Gasteiger charge is -2.14. The van der Waals surface area contributed by atoms with Gasteiger partial charge in [-0.3, -0.25) is 0 Å². The molecule has 1 N–H and O–H groups in total. The van der Waals surface area contributed by atoms with Crippen LogP contribution in [0.1, 0.15) is 20.8 Å². The minimum absolute atomic E-state index is 0.124. The van der Waals surface area contributed by atoms with Crippen LogP contribution in [0.5, 0.6) is 0 Å². The van der Waals surface area contributed by atoms with E-state index < -0.39 is 15.3 Å². The van der Waals surface area contributed by atoms with Crippen molar-refractivity contribution < 1.29 is 8.42 Å². The molecule has 2 atom stereocenters. The van der Waals surface area contributed by atoms with Crippen molar-refractivity contribution in [1.82, 2.24) is 4.72 Å². The van der Waals surface area contributed by atoms with Crippen molar-refractivity contribution in [3.63, 3.8) is 0 Å². The van der Waals surface area contributed by atoms with Gasteiger partial charge >= 0.3 is 0 Å². The van der Waals surface area contributed by atoms with Crippen LogP contribution >= 0.6 is 11.8 Å². The second-order valence-electron chi connectivity index (χ2n) is 2.99. The summed E-state index contributed by atoms with van der Waals surface area (Å²) < 4.78 is 25.3. The number of rotatable bonds is 6. The summed E-state index contributed by atoms with van der Waals surface area (Å²) in [6.45, 7) is 5.19. The highest BCUT2D eigenvalue weighted by Gasteiger charge is 2.21. The molecular formula is C8H16N2O2S2. The summed E-state index contributed by atoms with van der Waals surface area (Å²) in [4.78, 5) is 0. The van der Waals surface area contributed by atoms with Crippen LogP contribution in [0, 0.1) is 11.3 Å². The maximum atomic E-state index is 11.4. The number of thioether (sulfide) groups is 1. The largest absolute Gasteiger partial charge is 0.227 e. The maximum absolute atomic E-state index is 11.4. The number of hydrogen-bond donors (Lipinski definition) is 1. The number of nitrogens with zero attached hydrogens (tertiary/aromatic N) is 1. The number of sulfonamides is 1. The van der Waals surface area contributed by atoms with Crippen LogP contribution < -0.4 is 4.72 Å². The van der Waals surface area contributed by atoms with Gasteiger partial charge < -0.3 is 0 Å². The van der Waals surface area contributed by atoms with E-state index in [-0.39, 0.29) is 6.04 Å². The van der Waals surface area contributed by atoms with E-state index in [0.717, 1.165) is 11.5 Å². The zero-order chi connectivity index (χ0) is 11.2. The molecule has 0 aromatic heterocycles. The Morgan fingerprint density at radius 3 is 2.50 bits per heavy atom. The molecule has 14 heavy (non-hydrogen) atoms. The van der Waals surface area contributed by atoms with Crippen LogP contribution in [-0.2, 0) is 10.0 Å². The summed E-state index contributed by atoms with van der Waals surface area (Å²) in [6.07, 6.45) is 0. The Balaban J connectivity index is 4.17. The van der Waals surface area contributed by atoms with Crippen LogP contribution in [-0.4, -0.2) is 31.2 Å². The zero-order valence-electron chi connectivity index (χ0n) is 8.65. The SMILES string of the molecule is CCSCC(C)NS(=O)(=O)C(C)C#N. The first kappa shape index (κ1) is 13.8. The number of nitriles is 1. The van der Waals surface area contributed by atoms with Gasteiger partial charge in [0.2, 0.25) is 10.0 Å². The second-order valence-corrected chi connectivity index (χ2v) is 6.35. The van der Waals surface area contributed by atoms with Gasteiger partial charge in [0.1, 0.15) is 0 Å².